The van der Waals surface area contributed by atoms with Crippen LogP contribution in [0.25, 0.3) is 10.9 Å². The Labute approximate surface area is 180 Å². The predicted molar refractivity (Wildman–Crippen MR) is 119 cm³/mol. The molecule has 1 aliphatic heterocycles. The number of hydrogen-bond acceptors (Lipinski definition) is 2. The first-order valence-electron chi connectivity index (χ1n) is 10.5. The summed E-state index contributed by atoms with van der Waals surface area (Å²) in [6.45, 7) is 3.10. The minimum atomic E-state index is -0.353. The molecule has 2 heterocycles. The van der Waals surface area contributed by atoms with E-state index in [9.17, 15) is 9.18 Å². The predicted octanol–water partition coefficient (Wildman–Crippen LogP) is 5.49. The molecule has 1 unspecified atom stereocenters. The van der Waals surface area contributed by atoms with Crippen LogP contribution < -0.4 is 4.74 Å². The fraction of sp³-hybridized carbons (Fsp3) is 0.192. The SMILES string of the molecule is CCOc1cccc(C2c3[nH]c4ccccc4c3CCN2C(=O)c2ccc(F)cc2)c1. The molecule has 5 rings (SSSR count). The van der Waals surface area contributed by atoms with Crippen LogP contribution in [0.3, 0.4) is 0 Å². The quantitative estimate of drug-likeness (QED) is 0.480. The second-order valence-electron chi connectivity index (χ2n) is 7.73. The van der Waals surface area contributed by atoms with Gasteiger partial charge in [-0.2, -0.15) is 0 Å². The van der Waals surface area contributed by atoms with Gasteiger partial charge < -0.3 is 14.6 Å². The maximum absolute atomic E-state index is 13.5. The van der Waals surface area contributed by atoms with Crippen LogP contribution in [0.5, 0.6) is 5.75 Å². The lowest BCUT2D eigenvalue weighted by atomic mass is 9.91. The van der Waals surface area contributed by atoms with Crippen LogP contribution >= 0.6 is 0 Å². The number of carbonyl (C=O) groups is 1. The second-order valence-corrected chi connectivity index (χ2v) is 7.73. The van der Waals surface area contributed by atoms with Crippen LogP contribution in [0.4, 0.5) is 4.39 Å². The number of H-pyrrole nitrogens is 1. The first-order valence-corrected chi connectivity index (χ1v) is 10.5. The molecule has 5 heteroatoms. The van der Waals surface area contributed by atoms with Gasteiger partial charge in [0.15, 0.2) is 0 Å². The van der Waals surface area contributed by atoms with E-state index in [1.807, 2.05) is 48.2 Å². The molecule has 1 aromatic heterocycles. The van der Waals surface area contributed by atoms with Crippen molar-refractivity contribution < 1.29 is 13.9 Å². The lowest BCUT2D eigenvalue weighted by Crippen LogP contribution is -2.40. The zero-order valence-corrected chi connectivity index (χ0v) is 17.3. The first-order chi connectivity index (χ1) is 15.2. The Morgan fingerprint density at radius 3 is 2.71 bits per heavy atom. The average Bonchev–Trinajstić information content (AvgIpc) is 3.17. The van der Waals surface area contributed by atoms with Gasteiger partial charge in [0.25, 0.3) is 5.91 Å². The zero-order valence-electron chi connectivity index (χ0n) is 17.3. The molecule has 4 aromatic rings. The van der Waals surface area contributed by atoms with Gasteiger partial charge in [-0.1, -0.05) is 30.3 Å². The molecule has 0 aliphatic carbocycles. The summed E-state index contributed by atoms with van der Waals surface area (Å²) in [7, 11) is 0. The standard InChI is InChI=1S/C26H23FN2O2/c1-2-31-20-7-5-6-18(16-20)25-24-22(21-8-3-4-9-23(21)28-24)14-15-29(25)26(30)17-10-12-19(27)13-11-17/h3-13,16,25,28H,2,14-15H2,1H3. The number of halogens is 1. The van der Waals surface area contributed by atoms with Crippen LogP contribution in [0.15, 0.2) is 72.8 Å². The third kappa shape index (κ3) is 3.46. The van der Waals surface area contributed by atoms with E-state index in [1.165, 1.54) is 23.1 Å². The van der Waals surface area contributed by atoms with Crippen molar-refractivity contribution >= 4 is 16.8 Å². The van der Waals surface area contributed by atoms with E-state index < -0.39 is 0 Å². The van der Waals surface area contributed by atoms with Gasteiger partial charge in [0.05, 0.1) is 12.6 Å². The summed E-state index contributed by atoms with van der Waals surface area (Å²) in [5, 5.41) is 1.19. The Morgan fingerprint density at radius 2 is 1.90 bits per heavy atom. The molecule has 4 nitrogen and oxygen atoms in total. The molecule has 0 radical (unpaired) electrons. The summed E-state index contributed by atoms with van der Waals surface area (Å²) >= 11 is 0. The zero-order chi connectivity index (χ0) is 21.4. The van der Waals surface area contributed by atoms with Crippen LogP contribution in [0, 0.1) is 5.82 Å². The van der Waals surface area contributed by atoms with Crippen LogP contribution in [0.1, 0.15) is 40.1 Å². The fourth-order valence-corrected chi connectivity index (χ4v) is 4.51. The molecule has 1 aliphatic rings. The molecule has 156 valence electrons. The number of rotatable bonds is 4. The van der Waals surface area contributed by atoms with Gasteiger partial charge in [0.2, 0.25) is 0 Å². The number of para-hydroxylation sites is 1. The van der Waals surface area contributed by atoms with Crippen molar-refractivity contribution in [2.24, 2.45) is 0 Å². The Balaban J connectivity index is 1.64. The van der Waals surface area contributed by atoms with Crippen molar-refractivity contribution in [3.63, 3.8) is 0 Å². The van der Waals surface area contributed by atoms with E-state index in [0.29, 0.717) is 18.7 Å². The highest BCUT2D eigenvalue weighted by molar-refractivity contribution is 5.95. The van der Waals surface area contributed by atoms with E-state index in [2.05, 4.69) is 17.1 Å². The van der Waals surface area contributed by atoms with Crippen LogP contribution in [0.2, 0.25) is 0 Å². The van der Waals surface area contributed by atoms with Gasteiger partial charge in [-0.25, -0.2) is 4.39 Å². The minimum Gasteiger partial charge on any atom is -0.494 e. The average molecular weight is 414 g/mol. The maximum atomic E-state index is 13.5. The van der Waals surface area contributed by atoms with E-state index in [4.69, 9.17) is 4.74 Å². The molecule has 0 fully saturated rings. The Morgan fingerprint density at radius 1 is 1.10 bits per heavy atom. The smallest absolute Gasteiger partial charge is 0.254 e. The number of nitrogens with zero attached hydrogens (tertiary/aromatic N) is 1. The van der Waals surface area contributed by atoms with Crippen molar-refractivity contribution in [3.8, 4) is 5.75 Å². The molecule has 0 bridgehead atoms. The summed E-state index contributed by atoms with van der Waals surface area (Å²) in [4.78, 5) is 18.9. The van der Waals surface area contributed by atoms with Crippen molar-refractivity contribution in [2.45, 2.75) is 19.4 Å². The molecular formula is C26H23FN2O2. The highest BCUT2D eigenvalue weighted by Gasteiger charge is 2.35. The summed E-state index contributed by atoms with van der Waals surface area (Å²) in [6, 6.07) is 21.6. The monoisotopic (exact) mass is 414 g/mol. The number of ether oxygens (including phenoxy) is 1. The van der Waals surface area contributed by atoms with E-state index in [0.717, 1.165) is 28.9 Å². The van der Waals surface area contributed by atoms with E-state index >= 15 is 0 Å². The molecule has 0 saturated heterocycles. The van der Waals surface area contributed by atoms with Crippen molar-refractivity contribution in [2.75, 3.05) is 13.2 Å². The van der Waals surface area contributed by atoms with Gasteiger partial charge >= 0.3 is 0 Å². The van der Waals surface area contributed by atoms with E-state index in [-0.39, 0.29) is 17.8 Å². The first kappa shape index (κ1) is 19.4. The van der Waals surface area contributed by atoms with Gasteiger partial charge in [-0.3, -0.25) is 4.79 Å². The Hall–Kier alpha value is -3.60. The van der Waals surface area contributed by atoms with E-state index in [1.54, 1.807) is 12.1 Å². The normalized spacial score (nSPS) is 15.7. The molecule has 1 atom stereocenters. The lowest BCUT2D eigenvalue weighted by Gasteiger charge is -2.36. The third-order valence-corrected chi connectivity index (χ3v) is 5.87. The molecule has 1 amide bonds. The summed E-state index contributed by atoms with van der Waals surface area (Å²) in [5.74, 6) is 0.308. The molecule has 31 heavy (non-hydrogen) atoms. The lowest BCUT2D eigenvalue weighted by molar-refractivity contribution is 0.0691. The van der Waals surface area contributed by atoms with Crippen molar-refractivity contribution in [1.29, 1.82) is 0 Å². The highest BCUT2D eigenvalue weighted by atomic mass is 19.1. The van der Waals surface area contributed by atoms with Gasteiger partial charge in [0.1, 0.15) is 11.6 Å². The number of hydrogen-bond donors (Lipinski definition) is 1. The molecule has 3 aromatic carbocycles. The Bertz CT molecular complexity index is 1250. The molecule has 1 N–H and O–H groups in total. The topological polar surface area (TPSA) is 45.3 Å². The number of amides is 1. The maximum Gasteiger partial charge on any atom is 0.254 e. The fourth-order valence-electron chi connectivity index (χ4n) is 4.51. The van der Waals surface area contributed by atoms with Crippen molar-refractivity contribution in [1.82, 2.24) is 9.88 Å². The molecule has 0 saturated carbocycles. The summed E-state index contributed by atoms with van der Waals surface area (Å²) in [6.07, 6.45) is 0.758. The van der Waals surface area contributed by atoms with Crippen LogP contribution in [-0.2, 0) is 6.42 Å². The molecule has 0 spiro atoms. The summed E-state index contributed by atoms with van der Waals surface area (Å²) in [5.41, 5.74) is 4.79. The minimum absolute atomic E-state index is 0.115. The molecular weight excluding hydrogens is 391 g/mol. The number of aromatic nitrogens is 1. The van der Waals surface area contributed by atoms with Gasteiger partial charge in [-0.05, 0) is 66.9 Å². The Kier molecular flexibility index (Phi) is 4.94. The van der Waals surface area contributed by atoms with Crippen LogP contribution in [-0.4, -0.2) is 28.9 Å². The number of aromatic amines is 1. The second kappa shape index (κ2) is 7.91. The largest absolute Gasteiger partial charge is 0.494 e. The third-order valence-electron chi connectivity index (χ3n) is 5.87. The van der Waals surface area contributed by atoms with Gasteiger partial charge in [0, 0.05) is 28.7 Å². The van der Waals surface area contributed by atoms with Crippen molar-refractivity contribution in [3.05, 3.63) is 101 Å². The number of carbonyl (C=O) groups excluding carboxylic acids is 1. The van der Waals surface area contributed by atoms with Gasteiger partial charge in [-0.15, -0.1) is 0 Å². The number of fused-ring (bicyclic) bond motifs is 3. The number of benzene rings is 3. The highest BCUT2D eigenvalue weighted by Crippen LogP contribution is 2.39. The summed E-state index contributed by atoms with van der Waals surface area (Å²) < 4.78 is 19.1. The number of nitrogens with one attached hydrogen (secondary N) is 1.